The predicted molar refractivity (Wildman–Crippen MR) is 109 cm³/mol. The summed E-state index contributed by atoms with van der Waals surface area (Å²) in [4.78, 5) is 12.9. The highest BCUT2D eigenvalue weighted by molar-refractivity contribution is 9.10. The largest absolute Gasteiger partial charge is 0.379 e. The van der Waals surface area contributed by atoms with Crippen LogP contribution >= 0.6 is 15.9 Å². The molecule has 1 atom stereocenters. The lowest BCUT2D eigenvalue weighted by atomic mass is 10.1. The summed E-state index contributed by atoms with van der Waals surface area (Å²) in [6, 6.07) is 12.2. The maximum Gasteiger partial charge on any atom is 0.251 e. The average Bonchev–Trinajstić information content (AvgIpc) is 3.13. The Hall–Kier alpha value is -1.74. The lowest BCUT2D eigenvalue weighted by Crippen LogP contribution is -2.40. The van der Waals surface area contributed by atoms with Gasteiger partial charge in [0.1, 0.15) is 0 Å². The van der Waals surface area contributed by atoms with E-state index in [0.29, 0.717) is 31.9 Å². The number of hydrogen-bond acceptors (Lipinski definition) is 4. The molecular formula is C20H21BrN2O4S. The van der Waals surface area contributed by atoms with Crippen LogP contribution in [0.15, 0.2) is 51.8 Å². The zero-order valence-electron chi connectivity index (χ0n) is 15.2. The molecule has 148 valence electrons. The van der Waals surface area contributed by atoms with Gasteiger partial charge >= 0.3 is 0 Å². The molecule has 1 aliphatic heterocycles. The van der Waals surface area contributed by atoms with Gasteiger partial charge in [0.15, 0.2) is 0 Å². The lowest BCUT2D eigenvalue weighted by molar-refractivity contribution is 0.0730. The maximum atomic E-state index is 12.8. The highest BCUT2D eigenvalue weighted by Crippen LogP contribution is 2.35. The van der Waals surface area contributed by atoms with Gasteiger partial charge in [0.25, 0.3) is 5.91 Å². The van der Waals surface area contributed by atoms with E-state index in [0.717, 1.165) is 22.9 Å². The number of carbonyl (C=O) groups is 1. The number of sulfonamides is 1. The Morgan fingerprint density at radius 3 is 2.68 bits per heavy atom. The first-order valence-corrected chi connectivity index (χ1v) is 11.5. The van der Waals surface area contributed by atoms with Gasteiger partial charge in [-0.25, -0.2) is 8.42 Å². The third-order valence-electron chi connectivity index (χ3n) is 5.22. The average molecular weight is 465 g/mol. The third-order valence-corrected chi connectivity index (χ3v) is 7.86. The molecule has 1 heterocycles. The monoisotopic (exact) mass is 464 g/mol. The summed E-state index contributed by atoms with van der Waals surface area (Å²) in [6.07, 6.45) is 1.72. The highest BCUT2D eigenvalue weighted by atomic mass is 79.9. The number of halogens is 1. The van der Waals surface area contributed by atoms with E-state index in [1.54, 1.807) is 12.1 Å². The van der Waals surface area contributed by atoms with E-state index in [-0.39, 0.29) is 16.8 Å². The summed E-state index contributed by atoms with van der Waals surface area (Å²) in [5.41, 5.74) is 2.68. The molecule has 0 spiro atoms. The van der Waals surface area contributed by atoms with Crippen LogP contribution in [0.5, 0.6) is 0 Å². The van der Waals surface area contributed by atoms with Gasteiger partial charge in [-0.1, -0.05) is 34.1 Å². The molecule has 1 saturated heterocycles. The molecule has 1 fully saturated rings. The normalized spacial score (nSPS) is 20.0. The molecule has 0 radical (unpaired) electrons. The zero-order valence-corrected chi connectivity index (χ0v) is 17.6. The van der Waals surface area contributed by atoms with Crippen LogP contribution in [0.4, 0.5) is 0 Å². The fourth-order valence-corrected chi connectivity index (χ4v) is 5.77. The van der Waals surface area contributed by atoms with Gasteiger partial charge < -0.3 is 10.1 Å². The number of fused-ring (bicyclic) bond motifs is 1. The molecule has 1 N–H and O–H groups in total. The van der Waals surface area contributed by atoms with E-state index >= 15 is 0 Å². The maximum absolute atomic E-state index is 12.8. The molecule has 1 aliphatic carbocycles. The Labute approximate surface area is 173 Å². The van der Waals surface area contributed by atoms with Crippen molar-refractivity contribution in [2.45, 2.75) is 23.8 Å². The second-order valence-electron chi connectivity index (χ2n) is 6.92. The Kier molecular flexibility index (Phi) is 5.55. The molecule has 8 heteroatoms. The fraction of sp³-hybridized carbons (Fsp3) is 0.350. The van der Waals surface area contributed by atoms with Gasteiger partial charge in [0.2, 0.25) is 10.0 Å². The van der Waals surface area contributed by atoms with Gasteiger partial charge in [-0.3, -0.25) is 4.79 Å². The zero-order chi connectivity index (χ0) is 19.7. The number of morpholine rings is 1. The van der Waals surface area contributed by atoms with Crippen LogP contribution in [0.2, 0.25) is 0 Å². The molecule has 6 nitrogen and oxygen atoms in total. The molecule has 0 saturated carbocycles. The molecule has 2 aromatic rings. The first-order valence-electron chi connectivity index (χ1n) is 9.23. The van der Waals surface area contributed by atoms with Crippen LogP contribution in [-0.2, 0) is 21.2 Å². The Morgan fingerprint density at radius 2 is 1.89 bits per heavy atom. The number of amides is 1. The second-order valence-corrected chi connectivity index (χ2v) is 9.71. The van der Waals surface area contributed by atoms with Crippen LogP contribution in [0.1, 0.15) is 33.9 Å². The van der Waals surface area contributed by atoms with Crippen molar-refractivity contribution < 1.29 is 17.9 Å². The van der Waals surface area contributed by atoms with Crippen molar-refractivity contribution in [3.8, 4) is 0 Å². The van der Waals surface area contributed by atoms with Crippen LogP contribution in [0.25, 0.3) is 0 Å². The molecule has 28 heavy (non-hydrogen) atoms. The van der Waals surface area contributed by atoms with E-state index < -0.39 is 10.0 Å². The van der Waals surface area contributed by atoms with E-state index in [1.807, 2.05) is 18.2 Å². The topological polar surface area (TPSA) is 75.7 Å². The van der Waals surface area contributed by atoms with Crippen molar-refractivity contribution in [2.75, 3.05) is 26.3 Å². The van der Waals surface area contributed by atoms with Gasteiger partial charge in [-0.2, -0.15) is 4.31 Å². The van der Waals surface area contributed by atoms with Crippen molar-refractivity contribution in [1.82, 2.24) is 9.62 Å². The highest BCUT2D eigenvalue weighted by Gasteiger charge is 2.28. The first kappa shape index (κ1) is 19.6. The minimum Gasteiger partial charge on any atom is -0.379 e. The molecule has 1 amide bonds. The van der Waals surface area contributed by atoms with Crippen LogP contribution < -0.4 is 5.32 Å². The summed E-state index contributed by atoms with van der Waals surface area (Å²) >= 11 is 3.56. The number of ether oxygens (including phenoxy) is 1. The fourth-order valence-electron chi connectivity index (χ4n) is 3.74. The molecule has 1 unspecified atom stereocenters. The van der Waals surface area contributed by atoms with Gasteiger partial charge in [0.05, 0.1) is 24.2 Å². The van der Waals surface area contributed by atoms with Gasteiger partial charge in [-0.05, 0) is 48.2 Å². The molecule has 0 aromatic heterocycles. The number of nitrogens with zero attached hydrogens (tertiary/aromatic N) is 1. The Bertz CT molecular complexity index is 1000. The summed E-state index contributed by atoms with van der Waals surface area (Å²) in [7, 11) is -3.63. The predicted octanol–water partition coefficient (Wildman–Crippen LogP) is 2.89. The smallest absolute Gasteiger partial charge is 0.251 e. The number of rotatable bonds is 4. The summed E-state index contributed by atoms with van der Waals surface area (Å²) in [6.45, 7) is 1.42. The minimum absolute atomic E-state index is 0.0699. The van der Waals surface area contributed by atoms with Crippen molar-refractivity contribution in [2.24, 2.45) is 0 Å². The van der Waals surface area contributed by atoms with Crippen molar-refractivity contribution in [3.63, 3.8) is 0 Å². The molecule has 2 aromatic carbocycles. The molecule has 2 aliphatic rings. The number of carbonyl (C=O) groups excluding carboxylic acids is 1. The number of hydrogen-bond donors (Lipinski definition) is 1. The van der Waals surface area contributed by atoms with Gasteiger partial charge in [-0.15, -0.1) is 0 Å². The van der Waals surface area contributed by atoms with E-state index in [1.165, 1.54) is 22.0 Å². The van der Waals surface area contributed by atoms with E-state index in [2.05, 4.69) is 21.2 Å². The summed E-state index contributed by atoms with van der Waals surface area (Å²) in [5.74, 6) is -0.267. The van der Waals surface area contributed by atoms with Gasteiger partial charge in [0, 0.05) is 23.1 Å². The summed E-state index contributed by atoms with van der Waals surface area (Å²) < 4.78 is 33.4. The minimum atomic E-state index is -3.63. The SMILES string of the molecule is O=C(NC1CCc2c(Br)cccc21)c1cccc(S(=O)(=O)N2CCOCC2)c1. The van der Waals surface area contributed by atoms with Crippen LogP contribution in [-0.4, -0.2) is 44.9 Å². The van der Waals surface area contributed by atoms with Crippen molar-refractivity contribution in [3.05, 3.63) is 63.6 Å². The second kappa shape index (κ2) is 7.94. The summed E-state index contributed by atoms with van der Waals surface area (Å²) in [5, 5.41) is 3.05. The molecule has 4 rings (SSSR count). The van der Waals surface area contributed by atoms with Crippen molar-refractivity contribution >= 4 is 31.9 Å². The molecule has 0 bridgehead atoms. The van der Waals surface area contributed by atoms with E-state index in [9.17, 15) is 13.2 Å². The van der Waals surface area contributed by atoms with Crippen molar-refractivity contribution in [1.29, 1.82) is 0 Å². The number of nitrogens with one attached hydrogen (secondary N) is 1. The van der Waals surface area contributed by atoms with Crippen LogP contribution in [0.3, 0.4) is 0 Å². The first-order chi connectivity index (χ1) is 13.5. The number of benzene rings is 2. The standard InChI is InChI=1S/C20H21BrN2O4S/c21-18-6-2-5-17-16(18)7-8-19(17)22-20(24)14-3-1-4-15(13-14)28(25,26)23-9-11-27-12-10-23/h1-6,13,19H,7-12H2,(H,22,24). The Balaban J connectivity index is 1.54. The lowest BCUT2D eigenvalue weighted by Gasteiger charge is -2.26. The molecular weight excluding hydrogens is 444 g/mol. The quantitative estimate of drug-likeness (QED) is 0.754. The van der Waals surface area contributed by atoms with E-state index in [4.69, 9.17) is 4.74 Å². The third kappa shape index (κ3) is 3.74. The van der Waals surface area contributed by atoms with Crippen LogP contribution in [0, 0.1) is 0 Å². The Morgan fingerprint density at radius 1 is 1.14 bits per heavy atom.